The van der Waals surface area contributed by atoms with E-state index >= 15 is 0 Å². The molecule has 0 aromatic rings. The van der Waals surface area contributed by atoms with Crippen LogP contribution in [0.3, 0.4) is 0 Å². The summed E-state index contributed by atoms with van der Waals surface area (Å²) in [7, 11) is 0. The number of thioether (sulfide) groups is 1. The number of carbonyl (C=O) groups is 1. The number of rotatable bonds is 1. The van der Waals surface area contributed by atoms with Crippen LogP contribution in [-0.2, 0) is 4.79 Å². The van der Waals surface area contributed by atoms with Crippen molar-refractivity contribution in [1.29, 1.82) is 0 Å². The summed E-state index contributed by atoms with van der Waals surface area (Å²) in [6.07, 6.45) is 2.65. The predicted octanol–water partition coefficient (Wildman–Crippen LogP) is 2.29. The van der Waals surface area contributed by atoms with E-state index in [2.05, 4.69) is 31.9 Å². The van der Waals surface area contributed by atoms with Gasteiger partial charge in [0.25, 0.3) is 0 Å². The maximum atomic E-state index is 11.1. The molecule has 1 saturated heterocycles. The van der Waals surface area contributed by atoms with Crippen molar-refractivity contribution in [2.75, 3.05) is 5.33 Å². The molecule has 0 aliphatic carbocycles. The molecule has 0 radical (unpaired) electrons. The first kappa shape index (κ1) is 9.09. The summed E-state index contributed by atoms with van der Waals surface area (Å²) in [6, 6.07) is 0. The van der Waals surface area contributed by atoms with E-state index in [1.54, 1.807) is 11.8 Å². The van der Waals surface area contributed by atoms with Gasteiger partial charge in [-0.25, -0.2) is 0 Å². The van der Waals surface area contributed by atoms with Crippen LogP contribution in [-0.4, -0.2) is 25.7 Å². The molecule has 5 heteroatoms. The summed E-state index contributed by atoms with van der Waals surface area (Å²) in [5.74, 6) is 0.241. The Bertz CT molecular complexity index is 256. The molecule has 0 bridgehead atoms. The maximum absolute atomic E-state index is 11.1. The normalized spacial score (nSPS) is 34.0. The Hall–Kier alpha value is 0.520. The number of alkyl halides is 2. The van der Waals surface area contributed by atoms with Crippen LogP contribution < -0.4 is 0 Å². The Morgan fingerprint density at radius 1 is 1.75 bits per heavy atom. The van der Waals surface area contributed by atoms with Crippen LogP contribution in [0.2, 0.25) is 0 Å². The molecule has 66 valence electrons. The van der Waals surface area contributed by atoms with Crippen LogP contribution in [0.15, 0.2) is 11.8 Å². The van der Waals surface area contributed by atoms with E-state index in [-0.39, 0.29) is 5.91 Å². The van der Waals surface area contributed by atoms with E-state index in [0.717, 1.165) is 5.33 Å². The van der Waals surface area contributed by atoms with Gasteiger partial charge in [-0.15, -0.1) is 11.8 Å². The fraction of sp³-hybridized carbons (Fsp3) is 0.571. The molecule has 0 saturated carbocycles. The fourth-order valence-corrected chi connectivity index (χ4v) is 4.52. The Morgan fingerprint density at radius 2 is 2.50 bits per heavy atom. The summed E-state index contributed by atoms with van der Waals surface area (Å²) in [6.45, 7) is 0. The molecule has 0 N–H and O–H groups in total. The average molecular weight is 313 g/mol. The van der Waals surface area contributed by atoms with Gasteiger partial charge < -0.3 is 4.90 Å². The predicted molar refractivity (Wildman–Crippen MR) is 57.4 cm³/mol. The van der Waals surface area contributed by atoms with Crippen LogP contribution in [0.25, 0.3) is 0 Å². The molecule has 0 spiro atoms. The first-order valence-corrected chi connectivity index (χ1v) is 6.57. The van der Waals surface area contributed by atoms with Gasteiger partial charge in [0.05, 0.1) is 16.0 Å². The maximum Gasteiger partial charge on any atom is 0.230 e. The third kappa shape index (κ3) is 1.36. The Balaban J connectivity index is 2.18. The molecule has 0 aromatic carbocycles. The quantitative estimate of drug-likeness (QED) is 0.547. The summed E-state index contributed by atoms with van der Waals surface area (Å²) in [4.78, 5) is 12.9. The molecule has 1 fully saturated rings. The van der Waals surface area contributed by atoms with Gasteiger partial charge >= 0.3 is 0 Å². The van der Waals surface area contributed by atoms with Crippen LogP contribution in [0.5, 0.6) is 0 Å². The largest absolute Gasteiger partial charge is 0.306 e. The lowest BCUT2D eigenvalue weighted by molar-refractivity contribution is -0.137. The van der Waals surface area contributed by atoms with Gasteiger partial charge in [0.2, 0.25) is 5.91 Å². The van der Waals surface area contributed by atoms with Gasteiger partial charge in [-0.1, -0.05) is 31.9 Å². The van der Waals surface area contributed by atoms with Crippen LogP contribution in [0.4, 0.5) is 0 Å². The van der Waals surface area contributed by atoms with E-state index in [0.29, 0.717) is 16.0 Å². The van der Waals surface area contributed by atoms with Crippen molar-refractivity contribution in [2.24, 2.45) is 0 Å². The zero-order valence-corrected chi connectivity index (χ0v) is 10.2. The second-order valence-corrected chi connectivity index (χ2v) is 6.12. The van der Waals surface area contributed by atoms with Crippen LogP contribution >= 0.6 is 43.6 Å². The second kappa shape index (κ2) is 3.35. The number of nitrogens with zero attached hydrogens (tertiary/aromatic N) is 1. The van der Waals surface area contributed by atoms with Gasteiger partial charge in [-0.05, 0) is 5.57 Å². The highest BCUT2D eigenvalue weighted by molar-refractivity contribution is 9.11. The van der Waals surface area contributed by atoms with E-state index in [1.807, 2.05) is 11.1 Å². The van der Waals surface area contributed by atoms with Crippen molar-refractivity contribution in [2.45, 2.75) is 16.0 Å². The van der Waals surface area contributed by atoms with E-state index < -0.39 is 0 Å². The van der Waals surface area contributed by atoms with Crippen molar-refractivity contribution in [3.05, 3.63) is 11.8 Å². The van der Waals surface area contributed by atoms with E-state index in [9.17, 15) is 4.79 Å². The molecule has 2 atom stereocenters. The minimum atomic E-state index is 0.241. The number of hydrogen-bond donors (Lipinski definition) is 0. The molecule has 12 heavy (non-hydrogen) atoms. The number of carbonyl (C=O) groups excluding carboxylic acids is 1. The second-order valence-electron chi connectivity index (χ2n) is 2.75. The van der Waals surface area contributed by atoms with Crippen LogP contribution in [0, 0.1) is 0 Å². The SMILES string of the molecule is O=C1C[C@@H]2SC(Br)C(CBr)=CN12. The summed E-state index contributed by atoms with van der Waals surface area (Å²) >= 11 is 8.75. The van der Waals surface area contributed by atoms with Gasteiger partial charge in [0.15, 0.2) is 0 Å². The topological polar surface area (TPSA) is 20.3 Å². The molecule has 2 nitrogen and oxygen atoms in total. The van der Waals surface area contributed by atoms with Gasteiger partial charge in [-0.3, -0.25) is 4.79 Å². The van der Waals surface area contributed by atoms with Crippen molar-refractivity contribution in [1.82, 2.24) is 4.90 Å². The third-order valence-electron chi connectivity index (χ3n) is 1.97. The lowest BCUT2D eigenvalue weighted by Gasteiger charge is -2.42. The lowest BCUT2D eigenvalue weighted by Crippen LogP contribution is -2.50. The van der Waals surface area contributed by atoms with Crippen molar-refractivity contribution in [3.8, 4) is 0 Å². The first-order chi connectivity index (χ1) is 5.72. The van der Waals surface area contributed by atoms with Crippen molar-refractivity contribution >= 4 is 49.5 Å². The molecule has 2 rings (SSSR count). The minimum Gasteiger partial charge on any atom is -0.306 e. The van der Waals surface area contributed by atoms with E-state index in [4.69, 9.17) is 0 Å². The molecule has 1 amide bonds. The molecule has 2 aliphatic heterocycles. The highest BCUT2D eigenvalue weighted by Gasteiger charge is 2.40. The van der Waals surface area contributed by atoms with Gasteiger partial charge in [0.1, 0.15) is 0 Å². The third-order valence-corrected chi connectivity index (χ3v) is 5.11. The van der Waals surface area contributed by atoms with Crippen molar-refractivity contribution in [3.63, 3.8) is 0 Å². The molecule has 2 heterocycles. The van der Waals surface area contributed by atoms with Crippen molar-refractivity contribution < 1.29 is 4.79 Å². The lowest BCUT2D eigenvalue weighted by atomic mass is 10.2. The molecular weight excluding hydrogens is 306 g/mol. The number of halogens is 2. The Labute approximate surface area is 92.0 Å². The summed E-state index contributed by atoms with van der Waals surface area (Å²) in [5, 5.41) is 1.21. The van der Waals surface area contributed by atoms with Gasteiger partial charge in [0, 0.05) is 11.5 Å². The summed E-state index contributed by atoms with van der Waals surface area (Å²) < 4.78 is 0.367. The Morgan fingerprint density at radius 3 is 3.08 bits per heavy atom. The highest BCUT2D eigenvalue weighted by Crippen LogP contribution is 2.42. The van der Waals surface area contributed by atoms with E-state index in [1.165, 1.54) is 5.57 Å². The number of amides is 1. The smallest absolute Gasteiger partial charge is 0.230 e. The first-order valence-electron chi connectivity index (χ1n) is 3.59. The zero-order valence-electron chi connectivity index (χ0n) is 6.17. The number of hydrogen-bond acceptors (Lipinski definition) is 2. The minimum absolute atomic E-state index is 0.241. The monoisotopic (exact) mass is 311 g/mol. The number of β-lactam (4-membered cyclic amide) rings is 1. The number of fused-ring (bicyclic) bond motifs is 1. The molecular formula is C7H7Br2NOS. The van der Waals surface area contributed by atoms with Gasteiger partial charge in [-0.2, -0.15) is 0 Å². The standard InChI is InChI=1S/C7H7Br2NOS/c8-2-4-3-10-5(11)1-6(10)12-7(4)9/h3,6-7H,1-2H2/t6-,7?/m0/s1. The molecule has 1 unspecified atom stereocenters. The fourth-order valence-electron chi connectivity index (χ4n) is 1.23. The molecule has 0 aromatic heterocycles. The highest BCUT2D eigenvalue weighted by atomic mass is 79.9. The summed E-state index contributed by atoms with van der Waals surface area (Å²) in [5.41, 5.74) is 1.23. The van der Waals surface area contributed by atoms with Crippen LogP contribution in [0.1, 0.15) is 6.42 Å². The zero-order chi connectivity index (χ0) is 8.72. The Kier molecular flexibility index (Phi) is 2.53. The average Bonchev–Trinajstić information content (AvgIpc) is 2.04. The molecule has 2 aliphatic rings.